The molecule has 20 heteroatoms. The molecule has 0 radical (unpaired) electrons. The number of aliphatic hydroxyl groups excluding tert-OH is 2. The number of carboxylic acids is 1. The summed E-state index contributed by atoms with van der Waals surface area (Å²) in [6.45, 7) is 1.73. The van der Waals surface area contributed by atoms with Gasteiger partial charge in [-0.05, 0) is 96.3 Å². The van der Waals surface area contributed by atoms with Gasteiger partial charge in [0.05, 0.1) is 5.69 Å². The molecule has 380 valence electrons. The molecule has 0 bridgehead atoms. The number of fused-ring (bicyclic) bond motifs is 1. The number of rotatable bonds is 19. The first kappa shape index (κ1) is 51.6. The first-order valence-electron chi connectivity index (χ1n) is 23.7. The first-order valence-corrected chi connectivity index (χ1v) is 23.7. The van der Waals surface area contributed by atoms with Gasteiger partial charge in [0.2, 0.25) is 35.9 Å². The van der Waals surface area contributed by atoms with E-state index >= 15 is 0 Å². The number of ketones is 1. The van der Waals surface area contributed by atoms with Crippen molar-refractivity contribution in [3.63, 3.8) is 0 Å². The Morgan fingerprint density at radius 3 is 2.43 bits per heavy atom. The second-order valence-electron chi connectivity index (χ2n) is 17.5. The van der Waals surface area contributed by atoms with E-state index in [0.717, 1.165) is 35.2 Å². The second-order valence-corrected chi connectivity index (χ2v) is 17.5. The van der Waals surface area contributed by atoms with Gasteiger partial charge in [-0.3, -0.25) is 19.2 Å². The van der Waals surface area contributed by atoms with Gasteiger partial charge in [0.1, 0.15) is 29.4 Å². The van der Waals surface area contributed by atoms with Gasteiger partial charge in [-0.25, -0.2) is 23.5 Å². The number of imidazole rings is 1. The average molecular weight is 1010 g/mol. The van der Waals surface area contributed by atoms with Crippen LogP contribution in [-0.4, -0.2) is 109 Å². The molecular weight excluding hydrogens is 956 g/mol. The van der Waals surface area contributed by atoms with Crippen LogP contribution in [0.5, 0.6) is 5.75 Å². The number of pyridine rings is 2. The van der Waals surface area contributed by atoms with Gasteiger partial charge < -0.3 is 55.4 Å². The number of aliphatic hydroxyl groups is 2. The Morgan fingerprint density at radius 2 is 1.66 bits per heavy atom. The van der Waals surface area contributed by atoms with Crippen LogP contribution in [0.15, 0.2) is 128 Å². The van der Waals surface area contributed by atoms with Crippen LogP contribution in [0, 0.1) is 17.7 Å². The molecule has 74 heavy (non-hydrogen) atoms. The lowest BCUT2D eigenvalue weighted by atomic mass is 9.99. The molecule has 0 spiro atoms. The number of amides is 5. The quantitative estimate of drug-likeness (QED) is 0.0263. The maximum Gasteiger partial charge on any atom is 0.340 e. The molecule has 7 N–H and O–H groups in total. The van der Waals surface area contributed by atoms with Gasteiger partial charge >= 0.3 is 12.0 Å². The molecule has 19 nitrogen and oxygen atoms in total. The summed E-state index contributed by atoms with van der Waals surface area (Å²) < 4.78 is 28.5. The standard InChI is InChI=1S/C54H51FN8O11/c55-39-12-8-34(9-13-39)7-11-38-31-40(59-54(72)58-32-35-18-27-62-28-22-56-44(62)30-35)14-15-41(38)37-19-25-61(26-20-37)33-36-10-16-43(73-53-50(69)48(67)49(68)51(74-53)52(70)71)42(29-36)60-46(65)17-21-57-45(64)5-2-1-3-23-63-24-4-6-47(63)66/h4,6,8-10,12-16,18-20,22,25-31,48,50-51,53,67,69H,1-3,5,17,21,23-24,32-33H2,(H4,57,58,60,64,65,70,71,72)/p+1/t48-,50+,51-,53+/m0/s1. The molecule has 0 saturated carbocycles. The van der Waals surface area contributed by atoms with Crippen LogP contribution >= 0.6 is 0 Å². The van der Waals surface area contributed by atoms with E-state index in [-0.39, 0.29) is 55.7 Å². The summed E-state index contributed by atoms with van der Waals surface area (Å²) in [5.74, 6) is 2.04. The lowest BCUT2D eigenvalue weighted by Crippen LogP contribution is -2.59. The van der Waals surface area contributed by atoms with Gasteiger partial charge in [0.25, 0.3) is 0 Å². The predicted molar refractivity (Wildman–Crippen MR) is 265 cm³/mol. The summed E-state index contributed by atoms with van der Waals surface area (Å²) in [4.78, 5) is 80.8. The highest BCUT2D eigenvalue weighted by atomic mass is 19.1. The number of carbonyl (C=O) groups is 6. The third-order valence-corrected chi connectivity index (χ3v) is 12.1. The van der Waals surface area contributed by atoms with Gasteiger partial charge in [-0.15, -0.1) is 0 Å². The molecule has 1 fully saturated rings. The number of hydrogen-bond donors (Lipinski definition) is 7. The Balaban J connectivity index is 0.946. The summed E-state index contributed by atoms with van der Waals surface area (Å²) >= 11 is 0. The molecule has 0 unspecified atom stereocenters. The highest BCUT2D eigenvalue weighted by Gasteiger charge is 2.48. The van der Waals surface area contributed by atoms with Crippen LogP contribution in [0.25, 0.3) is 16.8 Å². The van der Waals surface area contributed by atoms with E-state index in [9.17, 15) is 48.5 Å². The average Bonchev–Trinajstić information content (AvgIpc) is 4.04. The number of aromatic nitrogens is 3. The third-order valence-electron chi connectivity index (χ3n) is 12.1. The van der Waals surface area contributed by atoms with Crippen LogP contribution < -0.4 is 30.6 Å². The maximum absolute atomic E-state index is 13.7. The van der Waals surface area contributed by atoms with Crippen molar-refractivity contribution in [1.29, 1.82) is 0 Å². The first-order chi connectivity index (χ1) is 35.8. The number of aliphatic carboxylic acids is 1. The fraction of sp³-hybridized carbons (Fsp3) is 0.259. The Bertz CT molecular complexity index is 3150. The van der Waals surface area contributed by atoms with E-state index in [1.807, 2.05) is 70.2 Å². The maximum atomic E-state index is 13.7. The summed E-state index contributed by atoms with van der Waals surface area (Å²) in [5.41, 5.74) is 5.50. The Morgan fingerprint density at radius 1 is 0.851 bits per heavy atom. The van der Waals surface area contributed by atoms with Crippen molar-refractivity contribution < 1.29 is 62.5 Å². The number of carboxylic acid groups (broad SMARTS) is 1. The molecule has 3 aromatic carbocycles. The smallest absolute Gasteiger partial charge is 0.340 e. The second kappa shape index (κ2) is 24.1. The zero-order valence-corrected chi connectivity index (χ0v) is 39.8. The van der Waals surface area contributed by atoms with Gasteiger partial charge in [0, 0.05) is 98.2 Å². The van der Waals surface area contributed by atoms with Crippen LogP contribution in [-0.2, 0) is 41.8 Å². The minimum Gasteiger partial charge on any atom is -0.479 e. The molecule has 2 aliphatic heterocycles. The van der Waals surface area contributed by atoms with Gasteiger partial charge in [-0.2, -0.15) is 0 Å². The number of nitrogens with one attached hydrogen (secondary N) is 4. The number of urea groups is 1. The summed E-state index contributed by atoms with van der Waals surface area (Å²) in [6.07, 6.45) is 6.55. The number of carbonyl (C=O) groups excluding carboxylic acids is 5. The largest absolute Gasteiger partial charge is 0.479 e. The highest BCUT2D eigenvalue weighted by Crippen LogP contribution is 2.31. The fourth-order valence-electron chi connectivity index (χ4n) is 8.11. The van der Waals surface area contributed by atoms with E-state index in [0.29, 0.717) is 41.9 Å². The fourth-order valence-corrected chi connectivity index (χ4v) is 8.11. The zero-order chi connectivity index (χ0) is 52.1. The normalized spacial score (nSPS) is 17.1. The van der Waals surface area contributed by atoms with Crippen molar-refractivity contribution in [3.05, 3.63) is 156 Å². The summed E-state index contributed by atoms with van der Waals surface area (Å²) in [7, 11) is 0. The molecule has 6 aromatic rings. The zero-order valence-electron chi connectivity index (χ0n) is 39.8. The lowest BCUT2D eigenvalue weighted by molar-refractivity contribution is -0.688. The van der Waals surface area contributed by atoms with E-state index < -0.39 is 54.1 Å². The Hall–Kier alpha value is -8.77. The minimum absolute atomic E-state index is 0.00893. The number of hydrogen-bond acceptors (Lipinski definition) is 11. The number of ether oxygens (including phenoxy) is 2. The van der Waals surface area contributed by atoms with Crippen molar-refractivity contribution >= 4 is 52.5 Å². The van der Waals surface area contributed by atoms with E-state index in [1.54, 1.807) is 53.6 Å². The van der Waals surface area contributed by atoms with E-state index in [2.05, 4.69) is 38.1 Å². The van der Waals surface area contributed by atoms with Crippen LogP contribution in [0.3, 0.4) is 0 Å². The van der Waals surface area contributed by atoms with Crippen molar-refractivity contribution in [2.45, 2.75) is 69.8 Å². The molecule has 2 aliphatic rings. The number of Topliss-reactive ketones (excluding diaryl/α,β-unsaturated/α-hetero) is 1. The van der Waals surface area contributed by atoms with Gasteiger partial charge in [0.15, 0.2) is 18.9 Å². The summed E-state index contributed by atoms with van der Waals surface area (Å²) in [5, 5.41) is 41.7. The van der Waals surface area contributed by atoms with Crippen molar-refractivity contribution in [3.8, 4) is 28.7 Å². The predicted octanol–water partition coefficient (Wildman–Crippen LogP) is 4.08. The SMILES string of the molecule is O=C(CCCCCN1CC=CC1=O)NCCC(=O)Nc1cc(C[n+]2ccc(-c3ccc(NC(=O)NCc4ccn5ccnc5c4)cc3C#Cc3ccc(F)cc3)cc2)ccc1O[C@@H]1O[C@H](C(=O)O)C(=O)[C@H](O)[C@H]1O. The number of unbranched alkanes of at least 4 members (excludes halogenated alkanes) is 2. The number of nitrogens with zero attached hydrogens (tertiary/aromatic N) is 4. The number of anilines is 2. The molecule has 8 rings (SSSR count). The van der Waals surface area contributed by atoms with Crippen LogP contribution in [0.2, 0.25) is 0 Å². The van der Waals surface area contributed by atoms with E-state index in [1.165, 1.54) is 18.2 Å². The monoisotopic (exact) mass is 1010 g/mol. The molecule has 5 amide bonds. The minimum atomic E-state index is -2.12. The Kier molecular flexibility index (Phi) is 16.8. The third kappa shape index (κ3) is 13.6. The number of halogens is 1. The molecular formula is C54H52FN8O11+. The Labute approximate surface area is 423 Å². The van der Waals surface area contributed by atoms with Crippen molar-refractivity contribution in [1.82, 2.24) is 24.9 Å². The van der Waals surface area contributed by atoms with Crippen LogP contribution in [0.1, 0.15) is 54.4 Å². The van der Waals surface area contributed by atoms with Gasteiger partial charge in [-0.1, -0.05) is 30.4 Å². The molecule has 5 heterocycles. The number of benzene rings is 3. The topological polar surface area (TPSA) is 254 Å². The molecule has 3 aromatic heterocycles. The molecule has 1 saturated heterocycles. The van der Waals surface area contributed by atoms with Crippen molar-refractivity contribution in [2.75, 3.05) is 30.3 Å². The highest BCUT2D eigenvalue weighted by molar-refractivity contribution is 6.04. The lowest BCUT2D eigenvalue weighted by Gasteiger charge is -2.34. The van der Waals surface area contributed by atoms with Crippen molar-refractivity contribution in [2.24, 2.45) is 0 Å². The van der Waals surface area contributed by atoms with E-state index in [4.69, 9.17) is 9.47 Å². The molecule has 0 aliphatic carbocycles. The van der Waals surface area contributed by atoms with Crippen LogP contribution in [0.4, 0.5) is 20.6 Å². The molecule has 4 atom stereocenters. The summed E-state index contributed by atoms with van der Waals surface area (Å²) in [6, 6.07) is 22.9.